The predicted molar refractivity (Wildman–Crippen MR) is 82.4 cm³/mol. The van der Waals surface area contributed by atoms with Crippen LogP contribution < -0.4 is 0 Å². The second-order valence-electron chi connectivity index (χ2n) is 5.70. The molecule has 2 rings (SSSR count). The molecule has 0 bridgehead atoms. The fourth-order valence-electron chi connectivity index (χ4n) is 2.43. The molecule has 0 saturated heterocycles. The maximum Gasteiger partial charge on any atom is 0.392 e. The topological polar surface area (TPSA) is 110 Å². The van der Waals surface area contributed by atoms with E-state index in [0.29, 0.717) is 0 Å². The summed E-state index contributed by atoms with van der Waals surface area (Å²) in [5, 5.41) is -3.85. The molecule has 2 aromatic heterocycles. The summed E-state index contributed by atoms with van der Waals surface area (Å²) in [6, 6.07) is 0. The van der Waals surface area contributed by atoms with Gasteiger partial charge >= 0.3 is 19.9 Å². The lowest BCUT2D eigenvalue weighted by Gasteiger charge is -2.35. The van der Waals surface area contributed by atoms with Crippen molar-refractivity contribution in [1.29, 1.82) is 0 Å². The Bertz CT molecular complexity index is 867. The van der Waals surface area contributed by atoms with E-state index in [2.05, 4.69) is 19.7 Å². The third-order valence-electron chi connectivity index (χ3n) is 3.54. The summed E-state index contributed by atoms with van der Waals surface area (Å²) >= 11 is 5.77. The average molecular weight is 457 g/mol. The Morgan fingerprint density at radius 2 is 1.64 bits per heavy atom. The Labute approximate surface area is 157 Å². The number of imidazole rings is 1. The molecular formula is C12H12ClF6N4O4P. The quantitative estimate of drug-likeness (QED) is 0.374. The molecule has 2 N–H and O–H groups in total. The molecule has 0 fully saturated rings. The molecule has 8 nitrogen and oxygen atoms in total. The van der Waals surface area contributed by atoms with Crippen molar-refractivity contribution in [3.05, 3.63) is 17.8 Å². The van der Waals surface area contributed by atoms with Crippen molar-refractivity contribution in [1.82, 2.24) is 19.5 Å². The van der Waals surface area contributed by atoms with Gasteiger partial charge in [0, 0.05) is 6.54 Å². The van der Waals surface area contributed by atoms with Gasteiger partial charge in [-0.15, -0.1) is 0 Å². The molecule has 0 amide bonds. The summed E-state index contributed by atoms with van der Waals surface area (Å²) < 4.78 is 93.9. The van der Waals surface area contributed by atoms with Gasteiger partial charge in [0.05, 0.1) is 25.8 Å². The van der Waals surface area contributed by atoms with E-state index >= 15 is 0 Å². The Balaban J connectivity index is 2.28. The second kappa shape index (κ2) is 7.75. The van der Waals surface area contributed by atoms with E-state index in [1.165, 1.54) is 4.57 Å². The van der Waals surface area contributed by atoms with Gasteiger partial charge in [0.15, 0.2) is 16.1 Å². The molecule has 0 aliphatic heterocycles. The minimum atomic E-state index is -6.00. The van der Waals surface area contributed by atoms with Gasteiger partial charge < -0.3 is 19.1 Å². The lowest BCUT2D eigenvalue weighted by atomic mass is 10.1. The van der Waals surface area contributed by atoms with E-state index in [4.69, 9.17) is 11.6 Å². The van der Waals surface area contributed by atoms with Crippen molar-refractivity contribution in [2.75, 3.05) is 6.61 Å². The molecule has 0 aliphatic carbocycles. The molecule has 0 aromatic carbocycles. The maximum atomic E-state index is 12.8. The number of alkyl halides is 6. The summed E-state index contributed by atoms with van der Waals surface area (Å²) in [4.78, 5) is 29.8. The highest BCUT2D eigenvalue weighted by Crippen LogP contribution is 2.59. The molecule has 0 unspecified atom stereocenters. The lowest BCUT2D eigenvalue weighted by molar-refractivity contribution is -0.211. The fourth-order valence-corrected chi connectivity index (χ4v) is 3.64. The van der Waals surface area contributed by atoms with Crippen LogP contribution in [0.15, 0.2) is 12.7 Å². The van der Waals surface area contributed by atoms with Crippen molar-refractivity contribution in [2.24, 2.45) is 0 Å². The molecule has 2 aromatic rings. The summed E-state index contributed by atoms with van der Waals surface area (Å²) in [7, 11) is -6.00. The zero-order valence-electron chi connectivity index (χ0n) is 13.6. The zero-order valence-corrected chi connectivity index (χ0v) is 15.2. The third-order valence-corrected chi connectivity index (χ3v) is 5.33. The first kappa shape index (κ1) is 22.8. The van der Waals surface area contributed by atoms with Gasteiger partial charge in [0.25, 0.3) is 0 Å². The first-order valence-electron chi connectivity index (χ1n) is 7.28. The molecule has 0 atom stereocenters. The zero-order chi connectivity index (χ0) is 21.4. The van der Waals surface area contributed by atoms with E-state index in [1.54, 1.807) is 0 Å². The maximum absolute atomic E-state index is 12.8. The van der Waals surface area contributed by atoms with Crippen LogP contribution in [0, 0.1) is 0 Å². The fraction of sp³-hybridized carbons (Fsp3) is 0.583. The highest BCUT2D eigenvalue weighted by molar-refractivity contribution is 7.53. The van der Waals surface area contributed by atoms with Gasteiger partial charge in [-0.1, -0.05) is 11.6 Å². The number of nitrogens with zero attached hydrogens (tertiary/aromatic N) is 4. The summed E-state index contributed by atoms with van der Waals surface area (Å²) in [6.45, 7) is -1.30. The Morgan fingerprint density at radius 1 is 1.07 bits per heavy atom. The van der Waals surface area contributed by atoms with E-state index in [1.807, 2.05) is 0 Å². The SMILES string of the molecule is O=P(O)(O)C(CC(F)(F)F)(CC(F)(F)F)OCCn1cnc2c(Cl)ncnc21. The number of hydrogen-bond donors (Lipinski definition) is 2. The lowest BCUT2D eigenvalue weighted by Crippen LogP contribution is -2.42. The minimum absolute atomic E-state index is 0.0385. The standard InChI is InChI=1S/C12H12ClF6N4O4P/c13-8-7-9(21-5-20-8)23(6-22-7)1-2-27-10(28(24,25)26,3-11(14,15)16)4-12(17,18)19/h5-6H,1-4H2,(H2,24,25,26). The van der Waals surface area contributed by atoms with Crippen molar-refractivity contribution < 1.29 is 45.4 Å². The highest BCUT2D eigenvalue weighted by atomic mass is 35.5. The number of rotatable bonds is 7. The minimum Gasteiger partial charge on any atom is -0.360 e. The number of fused-ring (bicyclic) bond motifs is 1. The van der Waals surface area contributed by atoms with Crippen molar-refractivity contribution in [3.8, 4) is 0 Å². The molecule has 2 heterocycles. The van der Waals surface area contributed by atoms with E-state index < -0.39 is 51.3 Å². The van der Waals surface area contributed by atoms with E-state index in [9.17, 15) is 40.7 Å². The Morgan fingerprint density at radius 3 is 2.14 bits per heavy atom. The van der Waals surface area contributed by atoms with Gasteiger partial charge in [-0.2, -0.15) is 26.3 Å². The molecule has 28 heavy (non-hydrogen) atoms. The summed E-state index contributed by atoms with van der Waals surface area (Å²) in [6.07, 6.45) is -13.4. The molecular weight excluding hydrogens is 445 g/mol. The van der Waals surface area contributed by atoms with Crippen LogP contribution in [0.4, 0.5) is 26.3 Å². The van der Waals surface area contributed by atoms with Gasteiger partial charge in [-0.25, -0.2) is 15.0 Å². The number of halogens is 7. The number of hydrogen-bond acceptors (Lipinski definition) is 5. The normalized spacial score (nSPS) is 14.0. The predicted octanol–water partition coefficient (Wildman–Crippen LogP) is 3.28. The van der Waals surface area contributed by atoms with Crippen molar-refractivity contribution in [3.63, 3.8) is 0 Å². The van der Waals surface area contributed by atoms with Gasteiger partial charge in [-0.05, 0) is 0 Å². The monoisotopic (exact) mass is 456 g/mol. The van der Waals surface area contributed by atoms with E-state index in [0.717, 1.165) is 12.7 Å². The van der Waals surface area contributed by atoms with Crippen LogP contribution in [0.25, 0.3) is 11.2 Å². The van der Waals surface area contributed by atoms with E-state index in [-0.39, 0.29) is 16.3 Å². The highest BCUT2D eigenvalue weighted by Gasteiger charge is 2.59. The number of ether oxygens (including phenoxy) is 1. The Hall–Kier alpha value is -1.47. The van der Waals surface area contributed by atoms with Gasteiger partial charge in [0.1, 0.15) is 11.8 Å². The van der Waals surface area contributed by atoms with Crippen molar-refractivity contribution >= 4 is 30.4 Å². The molecule has 158 valence electrons. The average Bonchev–Trinajstić information content (AvgIpc) is 2.87. The largest absolute Gasteiger partial charge is 0.392 e. The van der Waals surface area contributed by atoms with Crippen molar-refractivity contribution in [2.45, 2.75) is 37.1 Å². The second-order valence-corrected chi connectivity index (χ2v) is 7.96. The van der Waals surface area contributed by atoms with Gasteiger partial charge in [0.2, 0.25) is 0 Å². The van der Waals surface area contributed by atoms with Crippen LogP contribution in [0.1, 0.15) is 12.8 Å². The van der Waals surface area contributed by atoms with Crippen LogP contribution in [0.2, 0.25) is 5.15 Å². The molecule has 0 saturated carbocycles. The first-order chi connectivity index (χ1) is 12.6. The molecule has 0 aliphatic rings. The first-order valence-corrected chi connectivity index (χ1v) is 9.27. The van der Waals surface area contributed by atoms with Crippen LogP contribution in [-0.4, -0.2) is 53.6 Å². The third kappa shape index (κ3) is 5.54. The molecule has 16 heteroatoms. The van der Waals surface area contributed by atoms with Crippen LogP contribution in [0.3, 0.4) is 0 Å². The number of aromatic nitrogens is 4. The Kier molecular flexibility index (Phi) is 6.31. The smallest absolute Gasteiger partial charge is 0.360 e. The van der Waals surface area contributed by atoms with Crippen LogP contribution in [-0.2, 0) is 15.8 Å². The molecule has 0 spiro atoms. The van der Waals surface area contributed by atoms with Crippen LogP contribution >= 0.6 is 19.2 Å². The molecule has 0 radical (unpaired) electrons. The van der Waals surface area contributed by atoms with Gasteiger partial charge in [-0.3, -0.25) is 4.57 Å². The van der Waals surface area contributed by atoms with Crippen LogP contribution in [0.5, 0.6) is 0 Å². The summed E-state index contributed by atoms with van der Waals surface area (Å²) in [5.74, 6) is 0. The summed E-state index contributed by atoms with van der Waals surface area (Å²) in [5.41, 5.74) is 0.230.